The molecule has 2 heterocycles. The fraction of sp³-hybridized carbons (Fsp3) is 0.0714. The molecule has 0 amide bonds. The van der Waals surface area contributed by atoms with Crippen LogP contribution < -0.4 is 5.46 Å². The Bertz CT molecular complexity index is 821. The molecule has 0 atom stereocenters. The van der Waals surface area contributed by atoms with Gasteiger partial charge in [-0.15, -0.1) is 0 Å². The van der Waals surface area contributed by atoms with Gasteiger partial charge in [0, 0.05) is 6.54 Å². The third-order valence-corrected chi connectivity index (χ3v) is 3.23. The van der Waals surface area contributed by atoms with Crippen LogP contribution in [0.5, 0.6) is 0 Å². The smallest absolute Gasteiger partial charge is 0.423 e. The third-order valence-electron chi connectivity index (χ3n) is 3.23. The van der Waals surface area contributed by atoms with Crippen LogP contribution in [0.1, 0.15) is 11.3 Å². The second kappa shape index (κ2) is 5.36. The average molecular weight is 278 g/mol. The van der Waals surface area contributed by atoms with Crippen LogP contribution in [0.2, 0.25) is 0 Å². The summed E-state index contributed by atoms with van der Waals surface area (Å²) in [5.41, 5.74) is 3.18. The number of hydrogen-bond acceptors (Lipinski definition) is 5. The van der Waals surface area contributed by atoms with Crippen molar-refractivity contribution in [2.45, 2.75) is 6.54 Å². The fourth-order valence-corrected chi connectivity index (χ4v) is 2.13. The molecule has 2 N–H and O–H groups in total. The first kappa shape index (κ1) is 13.3. The van der Waals surface area contributed by atoms with Crippen molar-refractivity contribution in [1.29, 1.82) is 5.26 Å². The van der Waals surface area contributed by atoms with Gasteiger partial charge in [0.25, 0.3) is 0 Å². The Balaban J connectivity index is 1.89. The van der Waals surface area contributed by atoms with Gasteiger partial charge in [0.2, 0.25) is 0 Å². The lowest BCUT2D eigenvalue weighted by Crippen LogP contribution is -2.29. The predicted molar refractivity (Wildman–Crippen MR) is 77.6 cm³/mol. The molecule has 0 saturated carbocycles. The van der Waals surface area contributed by atoms with Crippen molar-refractivity contribution in [3.05, 3.63) is 54.0 Å². The minimum Gasteiger partial charge on any atom is -0.423 e. The highest BCUT2D eigenvalue weighted by molar-refractivity contribution is 6.58. The molecule has 0 aliphatic carbocycles. The van der Waals surface area contributed by atoms with E-state index in [0.29, 0.717) is 23.3 Å². The molecule has 3 aromatic rings. The molecule has 102 valence electrons. The Hall–Kier alpha value is -2.69. The number of nitrogens with zero attached hydrogens (tertiary/aromatic N) is 4. The molecular formula is C14H11BN4O2. The van der Waals surface area contributed by atoms with Gasteiger partial charge in [0.15, 0.2) is 5.65 Å². The van der Waals surface area contributed by atoms with Crippen molar-refractivity contribution >= 4 is 23.7 Å². The summed E-state index contributed by atoms with van der Waals surface area (Å²) in [6, 6.07) is 12.5. The molecule has 0 aliphatic heterocycles. The van der Waals surface area contributed by atoms with Crippen LogP contribution in [0.3, 0.4) is 0 Å². The maximum Gasteiger partial charge on any atom is 0.488 e. The van der Waals surface area contributed by atoms with E-state index in [1.165, 1.54) is 0 Å². The van der Waals surface area contributed by atoms with Crippen LogP contribution in [0, 0.1) is 11.3 Å². The molecule has 0 saturated heterocycles. The monoisotopic (exact) mass is 278 g/mol. The van der Waals surface area contributed by atoms with Gasteiger partial charge in [-0.3, -0.25) is 0 Å². The number of nitriles is 1. The van der Waals surface area contributed by atoms with Crippen LogP contribution in [-0.2, 0) is 6.54 Å². The number of aromatic nitrogens is 3. The Labute approximate surface area is 121 Å². The quantitative estimate of drug-likeness (QED) is 0.659. The molecule has 1 aromatic carbocycles. The summed E-state index contributed by atoms with van der Waals surface area (Å²) in [4.78, 5) is 8.32. The number of imidazole rings is 1. The number of fused-ring (bicyclic) bond motifs is 1. The van der Waals surface area contributed by atoms with Gasteiger partial charge in [-0.2, -0.15) is 5.26 Å². The fourth-order valence-electron chi connectivity index (χ4n) is 2.13. The van der Waals surface area contributed by atoms with Crippen molar-refractivity contribution in [1.82, 2.24) is 14.5 Å². The second-order valence-electron chi connectivity index (χ2n) is 4.64. The maximum absolute atomic E-state index is 9.07. The average Bonchev–Trinajstić information content (AvgIpc) is 2.90. The van der Waals surface area contributed by atoms with Crippen molar-refractivity contribution in [3.63, 3.8) is 0 Å². The van der Waals surface area contributed by atoms with Gasteiger partial charge in [-0.25, -0.2) is 9.97 Å². The summed E-state index contributed by atoms with van der Waals surface area (Å²) in [5, 5.41) is 27.0. The van der Waals surface area contributed by atoms with Crippen molar-refractivity contribution in [3.8, 4) is 6.07 Å². The van der Waals surface area contributed by atoms with Crippen molar-refractivity contribution in [2.75, 3.05) is 0 Å². The lowest BCUT2D eigenvalue weighted by atomic mass is 9.80. The standard InChI is InChI=1S/C14H11BN4O2/c16-7-12-5-6-13-14(18-12)17-9-19(13)8-10-1-3-11(4-2-10)15(20)21/h1-6,9,20-21H,8H2. The lowest BCUT2D eigenvalue weighted by Gasteiger charge is -2.06. The van der Waals surface area contributed by atoms with E-state index in [0.717, 1.165) is 11.1 Å². The van der Waals surface area contributed by atoms with E-state index in [-0.39, 0.29) is 0 Å². The molecule has 7 heteroatoms. The molecule has 0 unspecified atom stereocenters. The molecule has 0 spiro atoms. The molecule has 2 aromatic heterocycles. The topological polar surface area (TPSA) is 95.0 Å². The zero-order valence-corrected chi connectivity index (χ0v) is 11.0. The summed E-state index contributed by atoms with van der Waals surface area (Å²) in [6.07, 6.45) is 1.67. The summed E-state index contributed by atoms with van der Waals surface area (Å²) in [5.74, 6) is 0. The van der Waals surface area contributed by atoms with E-state index >= 15 is 0 Å². The number of benzene rings is 1. The molecule has 0 fully saturated rings. The van der Waals surface area contributed by atoms with Gasteiger partial charge >= 0.3 is 7.12 Å². The van der Waals surface area contributed by atoms with Crippen LogP contribution in [-0.4, -0.2) is 31.7 Å². The molecular weight excluding hydrogens is 267 g/mol. The first-order valence-corrected chi connectivity index (χ1v) is 6.34. The number of rotatable bonds is 3. The van der Waals surface area contributed by atoms with Crippen molar-refractivity contribution in [2.24, 2.45) is 0 Å². The van der Waals surface area contributed by atoms with Gasteiger partial charge in [0.1, 0.15) is 11.8 Å². The summed E-state index contributed by atoms with van der Waals surface area (Å²) in [7, 11) is -1.46. The Morgan fingerprint density at radius 2 is 1.90 bits per heavy atom. The number of pyridine rings is 1. The Kier molecular flexibility index (Phi) is 3.40. The van der Waals surface area contributed by atoms with Gasteiger partial charge in [0.05, 0.1) is 11.8 Å². The highest BCUT2D eigenvalue weighted by Crippen LogP contribution is 2.13. The van der Waals surface area contributed by atoms with E-state index in [2.05, 4.69) is 9.97 Å². The van der Waals surface area contributed by atoms with Gasteiger partial charge < -0.3 is 14.6 Å². The van der Waals surface area contributed by atoms with Crippen LogP contribution in [0.15, 0.2) is 42.7 Å². The van der Waals surface area contributed by atoms with Crippen LogP contribution >= 0.6 is 0 Å². The lowest BCUT2D eigenvalue weighted by molar-refractivity contribution is 0.426. The summed E-state index contributed by atoms with van der Waals surface area (Å²) >= 11 is 0. The normalized spacial score (nSPS) is 10.5. The predicted octanol–water partition coefficient (Wildman–Crippen LogP) is 0.0311. The zero-order valence-electron chi connectivity index (χ0n) is 11.0. The molecule has 3 rings (SSSR count). The molecule has 6 nitrogen and oxygen atoms in total. The van der Waals surface area contributed by atoms with Gasteiger partial charge in [-0.05, 0) is 23.2 Å². The largest absolute Gasteiger partial charge is 0.488 e. The van der Waals surface area contributed by atoms with Gasteiger partial charge in [-0.1, -0.05) is 24.3 Å². The van der Waals surface area contributed by atoms with Crippen LogP contribution in [0.25, 0.3) is 11.2 Å². The SMILES string of the molecule is N#Cc1ccc2c(ncn2Cc2ccc(B(O)O)cc2)n1. The van der Waals surface area contributed by atoms with E-state index in [1.54, 1.807) is 24.5 Å². The molecule has 0 aliphatic rings. The zero-order chi connectivity index (χ0) is 14.8. The first-order valence-electron chi connectivity index (χ1n) is 6.34. The summed E-state index contributed by atoms with van der Waals surface area (Å²) in [6.45, 7) is 0.589. The van der Waals surface area contributed by atoms with E-state index < -0.39 is 7.12 Å². The minimum atomic E-state index is -1.46. The van der Waals surface area contributed by atoms with E-state index in [1.807, 2.05) is 28.8 Å². The Morgan fingerprint density at radius 1 is 1.14 bits per heavy atom. The maximum atomic E-state index is 9.07. The highest BCUT2D eigenvalue weighted by atomic mass is 16.4. The summed E-state index contributed by atoms with van der Waals surface area (Å²) < 4.78 is 1.92. The minimum absolute atomic E-state index is 0.342. The van der Waals surface area contributed by atoms with E-state index in [9.17, 15) is 0 Å². The van der Waals surface area contributed by atoms with E-state index in [4.69, 9.17) is 15.3 Å². The first-order chi connectivity index (χ1) is 10.2. The number of hydrogen-bond donors (Lipinski definition) is 2. The highest BCUT2D eigenvalue weighted by Gasteiger charge is 2.10. The Morgan fingerprint density at radius 3 is 2.57 bits per heavy atom. The van der Waals surface area contributed by atoms with Crippen molar-refractivity contribution < 1.29 is 10.0 Å². The van der Waals surface area contributed by atoms with Crippen LogP contribution in [0.4, 0.5) is 0 Å². The third kappa shape index (κ3) is 2.63. The second-order valence-corrected chi connectivity index (χ2v) is 4.64. The molecule has 21 heavy (non-hydrogen) atoms. The molecule has 0 bridgehead atoms. The molecule has 0 radical (unpaired) electrons.